The highest BCUT2D eigenvalue weighted by atomic mass is 35.5. The van der Waals surface area contributed by atoms with Gasteiger partial charge in [0.05, 0.1) is 22.2 Å². The maximum Gasteiger partial charge on any atom is 0.179 e. The first-order valence-corrected chi connectivity index (χ1v) is 10.1. The molecule has 1 aliphatic heterocycles. The quantitative estimate of drug-likeness (QED) is 0.863. The third-order valence-corrected chi connectivity index (χ3v) is 6.96. The van der Waals surface area contributed by atoms with E-state index in [0.29, 0.717) is 11.4 Å². The standard InChI is InChI=1S/C12H16ClNO4S2/c13-10-1-3-12(4-2-10)20(17,18)8-6-14-11-5-7-19(15,16)9-11/h1-4,11,14H,5-9H2. The zero-order valence-corrected chi connectivity index (χ0v) is 13.1. The highest BCUT2D eigenvalue weighted by Crippen LogP contribution is 2.15. The van der Waals surface area contributed by atoms with Crippen molar-refractivity contribution >= 4 is 31.3 Å². The molecule has 112 valence electrons. The third-order valence-electron chi connectivity index (χ3n) is 3.21. The van der Waals surface area contributed by atoms with E-state index in [4.69, 9.17) is 11.6 Å². The fourth-order valence-corrected chi connectivity index (χ4v) is 5.12. The molecule has 1 fully saturated rings. The summed E-state index contributed by atoms with van der Waals surface area (Å²) in [5.74, 6) is 0.202. The van der Waals surface area contributed by atoms with E-state index in [2.05, 4.69) is 5.32 Å². The topological polar surface area (TPSA) is 80.3 Å². The Morgan fingerprint density at radius 1 is 1.25 bits per heavy atom. The first-order chi connectivity index (χ1) is 9.28. The number of benzene rings is 1. The Balaban J connectivity index is 1.89. The Labute approximate surface area is 124 Å². The second-order valence-electron chi connectivity index (χ2n) is 4.83. The molecule has 1 aromatic rings. The SMILES string of the molecule is O=S1(=O)CCC(NCCS(=O)(=O)c2ccc(Cl)cc2)C1. The van der Waals surface area contributed by atoms with Gasteiger partial charge in [-0.2, -0.15) is 0 Å². The van der Waals surface area contributed by atoms with Crippen LogP contribution in [0, 0.1) is 0 Å². The maximum atomic E-state index is 12.0. The van der Waals surface area contributed by atoms with Gasteiger partial charge < -0.3 is 5.32 Å². The van der Waals surface area contributed by atoms with E-state index in [1.807, 2.05) is 0 Å². The van der Waals surface area contributed by atoms with Gasteiger partial charge in [-0.1, -0.05) is 11.6 Å². The van der Waals surface area contributed by atoms with Crippen LogP contribution in [0.1, 0.15) is 6.42 Å². The van der Waals surface area contributed by atoms with Crippen LogP contribution in [-0.4, -0.2) is 46.7 Å². The highest BCUT2D eigenvalue weighted by molar-refractivity contribution is 7.91. The van der Waals surface area contributed by atoms with Crippen LogP contribution in [0.15, 0.2) is 29.2 Å². The summed E-state index contributed by atoms with van der Waals surface area (Å²) < 4.78 is 46.7. The maximum absolute atomic E-state index is 12.0. The average molecular weight is 338 g/mol. The fraction of sp³-hybridized carbons (Fsp3) is 0.500. The lowest BCUT2D eigenvalue weighted by Crippen LogP contribution is -2.34. The first-order valence-electron chi connectivity index (χ1n) is 6.21. The molecule has 1 unspecified atom stereocenters. The van der Waals surface area contributed by atoms with Gasteiger partial charge in [-0.25, -0.2) is 16.8 Å². The summed E-state index contributed by atoms with van der Waals surface area (Å²) in [5.41, 5.74) is 0. The van der Waals surface area contributed by atoms with Crippen LogP contribution in [0.3, 0.4) is 0 Å². The molecule has 1 aliphatic rings. The normalized spacial score (nSPS) is 21.9. The van der Waals surface area contributed by atoms with Crippen molar-refractivity contribution in [1.82, 2.24) is 5.32 Å². The molecule has 5 nitrogen and oxygen atoms in total. The van der Waals surface area contributed by atoms with Gasteiger partial charge in [0.1, 0.15) is 0 Å². The lowest BCUT2D eigenvalue weighted by Gasteiger charge is -2.10. The largest absolute Gasteiger partial charge is 0.312 e. The van der Waals surface area contributed by atoms with Gasteiger partial charge in [-0.3, -0.25) is 0 Å². The molecule has 0 amide bonds. The van der Waals surface area contributed by atoms with Crippen molar-refractivity contribution < 1.29 is 16.8 Å². The van der Waals surface area contributed by atoms with Crippen molar-refractivity contribution in [3.63, 3.8) is 0 Å². The number of hydrogen-bond donors (Lipinski definition) is 1. The van der Waals surface area contributed by atoms with Crippen molar-refractivity contribution in [3.05, 3.63) is 29.3 Å². The van der Waals surface area contributed by atoms with Crippen LogP contribution in [0.25, 0.3) is 0 Å². The van der Waals surface area contributed by atoms with Crippen LogP contribution < -0.4 is 5.32 Å². The summed E-state index contributed by atoms with van der Waals surface area (Å²) in [7, 11) is -6.31. The molecule has 0 aromatic heterocycles. The molecule has 0 bridgehead atoms. The van der Waals surface area contributed by atoms with Crippen LogP contribution in [0.2, 0.25) is 5.02 Å². The Bertz CT molecular complexity index is 668. The lowest BCUT2D eigenvalue weighted by atomic mass is 10.3. The molecule has 2 rings (SSSR count). The van der Waals surface area contributed by atoms with Gasteiger partial charge in [0.25, 0.3) is 0 Å². The van der Waals surface area contributed by atoms with Gasteiger partial charge in [0, 0.05) is 17.6 Å². The molecule has 0 radical (unpaired) electrons. The Morgan fingerprint density at radius 3 is 2.45 bits per heavy atom. The summed E-state index contributed by atoms with van der Waals surface area (Å²) in [4.78, 5) is 0.225. The van der Waals surface area contributed by atoms with Crippen molar-refractivity contribution in [2.24, 2.45) is 0 Å². The molecule has 1 heterocycles. The summed E-state index contributed by atoms with van der Waals surface area (Å²) in [6.45, 7) is 0.241. The van der Waals surface area contributed by atoms with E-state index in [0.717, 1.165) is 0 Å². The smallest absolute Gasteiger partial charge is 0.179 e. The van der Waals surface area contributed by atoms with E-state index in [1.54, 1.807) is 0 Å². The van der Waals surface area contributed by atoms with Crippen LogP contribution in [0.5, 0.6) is 0 Å². The number of nitrogens with one attached hydrogen (secondary N) is 1. The molecule has 1 saturated heterocycles. The molecule has 1 aromatic carbocycles. The van der Waals surface area contributed by atoms with E-state index < -0.39 is 19.7 Å². The molecular formula is C12H16ClNO4S2. The number of rotatable bonds is 5. The van der Waals surface area contributed by atoms with Crippen molar-refractivity contribution in [3.8, 4) is 0 Å². The predicted octanol–water partition coefficient (Wildman–Crippen LogP) is 0.890. The third kappa shape index (κ3) is 4.18. The van der Waals surface area contributed by atoms with Crippen LogP contribution in [-0.2, 0) is 19.7 Å². The van der Waals surface area contributed by atoms with Gasteiger partial charge in [0.2, 0.25) is 0 Å². The Morgan fingerprint density at radius 2 is 1.90 bits per heavy atom. The number of hydrogen-bond acceptors (Lipinski definition) is 5. The molecule has 0 aliphatic carbocycles. The zero-order valence-electron chi connectivity index (χ0n) is 10.7. The first kappa shape index (κ1) is 15.8. The number of halogens is 1. The molecule has 1 N–H and O–H groups in total. The predicted molar refractivity (Wildman–Crippen MR) is 78.6 cm³/mol. The summed E-state index contributed by atoms with van der Waals surface area (Å²) >= 11 is 5.71. The second-order valence-corrected chi connectivity index (χ2v) is 9.60. The Hall–Kier alpha value is -0.630. The van der Waals surface area contributed by atoms with Crippen LogP contribution >= 0.6 is 11.6 Å². The molecule has 8 heteroatoms. The second kappa shape index (κ2) is 6.01. The van der Waals surface area contributed by atoms with Crippen LogP contribution in [0.4, 0.5) is 0 Å². The molecular weight excluding hydrogens is 322 g/mol. The minimum absolute atomic E-state index is 0.0643. The van der Waals surface area contributed by atoms with E-state index in [-0.39, 0.29) is 34.7 Å². The summed E-state index contributed by atoms with van der Waals surface area (Å²) in [6, 6.07) is 5.87. The van der Waals surface area contributed by atoms with Gasteiger partial charge >= 0.3 is 0 Å². The Kier molecular flexibility index (Phi) is 4.73. The lowest BCUT2D eigenvalue weighted by molar-refractivity contribution is 0.560. The van der Waals surface area contributed by atoms with Gasteiger partial charge in [-0.05, 0) is 30.7 Å². The van der Waals surface area contributed by atoms with Crippen molar-refractivity contribution in [2.75, 3.05) is 23.8 Å². The fourth-order valence-electron chi connectivity index (χ4n) is 2.11. The van der Waals surface area contributed by atoms with E-state index in [1.165, 1.54) is 24.3 Å². The minimum atomic E-state index is -3.37. The van der Waals surface area contributed by atoms with Gasteiger partial charge in [-0.15, -0.1) is 0 Å². The summed E-state index contributed by atoms with van der Waals surface area (Å²) in [6.07, 6.45) is 0.545. The molecule has 0 spiro atoms. The van der Waals surface area contributed by atoms with Crippen molar-refractivity contribution in [1.29, 1.82) is 0 Å². The van der Waals surface area contributed by atoms with Crippen molar-refractivity contribution in [2.45, 2.75) is 17.4 Å². The van der Waals surface area contributed by atoms with E-state index in [9.17, 15) is 16.8 Å². The molecule has 20 heavy (non-hydrogen) atoms. The average Bonchev–Trinajstić information content (AvgIpc) is 2.69. The summed E-state index contributed by atoms with van der Waals surface area (Å²) in [5, 5.41) is 3.47. The minimum Gasteiger partial charge on any atom is -0.312 e. The monoisotopic (exact) mass is 337 g/mol. The van der Waals surface area contributed by atoms with Gasteiger partial charge in [0.15, 0.2) is 19.7 Å². The van der Waals surface area contributed by atoms with E-state index >= 15 is 0 Å². The number of sulfone groups is 2. The zero-order chi connectivity index (χ0) is 14.8. The molecule has 1 atom stereocenters. The molecule has 0 saturated carbocycles. The highest BCUT2D eigenvalue weighted by Gasteiger charge is 2.27.